The van der Waals surface area contributed by atoms with E-state index in [2.05, 4.69) is 28.9 Å². The molecule has 0 saturated carbocycles. The molecule has 26 heavy (non-hydrogen) atoms. The van der Waals surface area contributed by atoms with Crippen molar-refractivity contribution in [2.24, 2.45) is 0 Å². The fraction of sp³-hybridized carbons (Fsp3) is 0.722. The molecule has 0 spiro atoms. The molecule has 0 radical (unpaired) electrons. The SMILES string of the molecule is Cc1nc(OC[C@@H]2CCCN2C)c(OC[C@@H]2CCCN2C)cc1[N+](=O)[O-]. The zero-order valence-electron chi connectivity index (χ0n) is 15.8. The summed E-state index contributed by atoms with van der Waals surface area (Å²) in [4.78, 5) is 19.7. The molecule has 1 aromatic heterocycles. The summed E-state index contributed by atoms with van der Waals surface area (Å²) >= 11 is 0. The highest BCUT2D eigenvalue weighted by molar-refractivity contribution is 5.47. The van der Waals surface area contributed by atoms with Crippen LogP contribution in [0.15, 0.2) is 6.07 Å². The van der Waals surface area contributed by atoms with Crippen molar-refractivity contribution in [1.82, 2.24) is 14.8 Å². The Labute approximate surface area is 154 Å². The van der Waals surface area contributed by atoms with Gasteiger partial charge < -0.3 is 19.3 Å². The molecular weight excluding hydrogens is 336 g/mol. The van der Waals surface area contributed by atoms with Crippen molar-refractivity contribution < 1.29 is 14.4 Å². The van der Waals surface area contributed by atoms with Gasteiger partial charge in [0.1, 0.15) is 18.9 Å². The number of likely N-dealkylation sites (N-methyl/N-ethyl adjacent to an activating group) is 2. The summed E-state index contributed by atoms with van der Waals surface area (Å²) in [5.41, 5.74) is 0.306. The number of nitro groups is 1. The third-order valence-corrected chi connectivity index (χ3v) is 5.50. The lowest BCUT2D eigenvalue weighted by Crippen LogP contribution is -2.31. The molecule has 0 aromatic carbocycles. The van der Waals surface area contributed by atoms with Gasteiger partial charge in [0.15, 0.2) is 5.75 Å². The average molecular weight is 364 g/mol. The van der Waals surface area contributed by atoms with E-state index in [1.807, 2.05) is 0 Å². The first-order valence-corrected chi connectivity index (χ1v) is 9.28. The van der Waals surface area contributed by atoms with Crippen LogP contribution in [0.3, 0.4) is 0 Å². The highest BCUT2D eigenvalue weighted by Gasteiger charge is 2.26. The maximum atomic E-state index is 11.3. The molecule has 2 fully saturated rings. The Bertz CT molecular complexity index is 654. The van der Waals surface area contributed by atoms with Crippen LogP contribution in [-0.2, 0) is 0 Å². The third kappa shape index (κ3) is 4.24. The minimum atomic E-state index is -0.425. The van der Waals surface area contributed by atoms with Crippen molar-refractivity contribution in [2.75, 3.05) is 40.4 Å². The third-order valence-electron chi connectivity index (χ3n) is 5.50. The molecule has 2 atom stereocenters. The van der Waals surface area contributed by atoms with E-state index >= 15 is 0 Å². The van der Waals surface area contributed by atoms with Gasteiger partial charge in [-0.05, 0) is 59.8 Å². The molecule has 2 saturated heterocycles. The van der Waals surface area contributed by atoms with Crippen LogP contribution in [0.2, 0.25) is 0 Å². The van der Waals surface area contributed by atoms with Crippen molar-refractivity contribution in [2.45, 2.75) is 44.7 Å². The van der Waals surface area contributed by atoms with Crippen LogP contribution in [0.4, 0.5) is 5.69 Å². The predicted molar refractivity (Wildman–Crippen MR) is 97.9 cm³/mol. The number of nitrogens with zero attached hydrogens (tertiary/aromatic N) is 4. The van der Waals surface area contributed by atoms with Crippen LogP contribution in [0.5, 0.6) is 11.6 Å². The summed E-state index contributed by atoms with van der Waals surface area (Å²) < 4.78 is 11.9. The zero-order chi connectivity index (χ0) is 18.7. The standard InChI is InChI=1S/C18H28N4O4/c1-13-16(22(23)24)10-17(25-11-14-6-4-8-20(14)2)18(19-13)26-12-15-7-5-9-21(15)3/h10,14-15H,4-9,11-12H2,1-3H3/t14-,15-/m0/s1. The zero-order valence-corrected chi connectivity index (χ0v) is 15.8. The maximum absolute atomic E-state index is 11.3. The van der Waals surface area contributed by atoms with Gasteiger partial charge in [0.05, 0.1) is 11.0 Å². The number of aromatic nitrogens is 1. The lowest BCUT2D eigenvalue weighted by molar-refractivity contribution is -0.385. The number of ether oxygens (including phenoxy) is 2. The highest BCUT2D eigenvalue weighted by Crippen LogP contribution is 2.32. The number of rotatable bonds is 7. The van der Waals surface area contributed by atoms with E-state index in [-0.39, 0.29) is 5.69 Å². The molecule has 0 N–H and O–H groups in total. The molecule has 0 unspecified atom stereocenters. The molecule has 0 aliphatic carbocycles. The lowest BCUT2D eigenvalue weighted by atomic mass is 10.2. The smallest absolute Gasteiger partial charge is 0.294 e. The van der Waals surface area contributed by atoms with E-state index in [1.54, 1.807) is 6.92 Å². The average Bonchev–Trinajstić information content (AvgIpc) is 3.19. The van der Waals surface area contributed by atoms with Crippen LogP contribution in [0.1, 0.15) is 31.4 Å². The number of hydrogen-bond acceptors (Lipinski definition) is 7. The van der Waals surface area contributed by atoms with Crippen molar-refractivity contribution in [1.29, 1.82) is 0 Å². The molecule has 8 nitrogen and oxygen atoms in total. The van der Waals surface area contributed by atoms with Gasteiger partial charge in [0.25, 0.3) is 11.6 Å². The van der Waals surface area contributed by atoms with Crippen molar-refractivity contribution in [3.05, 3.63) is 21.9 Å². The Balaban J connectivity index is 1.74. The molecule has 0 bridgehead atoms. The quantitative estimate of drug-likeness (QED) is 0.542. The molecule has 1 aromatic rings. The van der Waals surface area contributed by atoms with Gasteiger partial charge in [-0.15, -0.1) is 0 Å². The van der Waals surface area contributed by atoms with E-state index in [0.717, 1.165) is 38.8 Å². The van der Waals surface area contributed by atoms with Crippen molar-refractivity contribution >= 4 is 5.69 Å². The summed E-state index contributed by atoms with van der Waals surface area (Å²) in [5, 5.41) is 11.3. The topological polar surface area (TPSA) is 81.0 Å². The van der Waals surface area contributed by atoms with Gasteiger partial charge in [0.2, 0.25) is 0 Å². The Hall–Kier alpha value is -1.93. The van der Waals surface area contributed by atoms with E-state index in [1.165, 1.54) is 6.07 Å². The molecule has 2 aliphatic rings. The van der Waals surface area contributed by atoms with Crippen LogP contribution >= 0.6 is 0 Å². The summed E-state index contributed by atoms with van der Waals surface area (Å²) in [6.07, 6.45) is 4.47. The summed E-state index contributed by atoms with van der Waals surface area (Å²) in [5.74, 6) is 0.720. The minimum absolute atomic E-state index is 0.0369. The fourth-order valence-electron chi connectivity index (χ4n) is 3.69. The summed E-state index contributed by atoms with van der Waals surface area (Å²) in [7, 11) is 4.16. The second kappa shape index (κ2) is 8.18. The lowest BCUT2D eigenvalue weighted by Gasteiger charge is -2.22. The Morgan fingerprint density at radius 2 is 1.73 bits per heavy atom. The van der Waals surface area contributed by atoms with E-state index in [0.29, 0.717) is 42.6 Å². The summed E-state index contributed by atoms with van der Waals surface area (Å²) in [6, 6.07) is 2.12. The Kier molecular flexibility index (Phi) is 5.93. The van der Waals surface area contributed by atoms with Gasteiger partial charge in [-0.25, -0.2) is 4.98 Å². The van der Waals surface area contributed by atoms with Crippen molar-refractivity contribution in [3.8, 4) is 11.6 Å². The van der Waals surface area contributed by atoms with Gasteiger partial charge >= 0.3 is 0 Å². The second-order valence-electron chi connectivity index (χ2n) is 7.33. The van der Waals surface area contributed by atoms with Gasteiger partial charge in [-0.1, -0.05) is 0 Å². The molecule has 3 heterocycles. The van der Waals surface area contributed by atoms with Crippen LogP contribution in [0.25, 0.3) is 0 Å². The van der Waals surface area contributed by atoms with Gasteiger partial charge in [-0.2, -0.15) is 0 Å². The largest absolute Gasteiger partial charge is 0.486 e. The van der Waals surface area contributed by atoms with E-state index in [4.69, 9.17) is 9.47 Å². The molecule has 8 heteroatoms. The normalized spacial score (nSPS) is 24.1. The first kappa shape index (κ1) is 18.8. The van der Waals surface area contributed by atoms with Crippen LogP contribution < -0.4 is 9.47 Å². The number of hydrogen-bond donors (Lipinski definition) is 0. The van der Waals surface area contributed by atoms with Gasteiger partial charge in [-0.3, -0.25) is 10.1 Å². The highest BCUT2D eigenvalue weighted by atomic mass is 16.6. The Morgan fingerprint density at radius 3 is 2.23 bits per heavy atom. The minimum Gasteiger partial charge on any atom is -0.486 e. The first-order chi connectivity index (χ1) is 12.5. The number of aryl methyl sites for hydroxylation is 1. The van der Waals surface area contributed by atoms with E-state index in [9.17, 15) is 10.1 Å². The molecule has 0 amide bonds. The number of likely N-dealkylation sites (tertiary alicyclic amines) is 2. The fourth-order valence-corrected chi connectivity index (χ4v) is 3.69. The van der Waals surface area contributed by atoms with E-state index < -0.39 is 4.92 Å². The Morgan fingerprint density at radius 1 is 1.15 bits per heavy atom. The number of pyridine rings is 1. The molecule has 3 rings (SSSR count). The monoisotopic (exact) mass is 364 g/mol. The van der Waals surface area contributed by atoms with Crippen LogP contribution in [0, 0.1) is 17.0 Å². The van der Waals surface area contributed by atoms with Crippen LogP contribution in [-0.4, -0.2) is 72.2 Å². The maximum Gasteiger partial charge on any atom is 0.294 e. The summed E-state index contributed by atoms with van der Waals surface area (Å²) in [6.45, 7) is 4.75. The first-order valence-electron chi connectivity index (χ1n) is 9.28. The molecule has 2 aliphatic heterocycles. The molecular formula is C18H28N4O4. The second-order valence-corrected chi connectivity index (χ2v) is 7.33. The predicted octanol–water partition coefficient (Wildman–Crippen LogP) is 2.24. The van der Waals surface area contributed by atoms with Crippen molar-refractivity contribution in [3.63, 3.8) is 0 Å². The van der Waals surface area contributed by atoms with Gasteiger partial charge in [0, 0.05) is 12.1 Å². The molecule has 144 valence electrons.